The van der Waals surface area contributed by atoms with Crippen LogP contribution in [-0.4, -0.2) is 22.4 Å². The van der Waals surface area contributed by atoms with E-state index in [4.69, 9.17) is 6.42 Å². The van der Waals surface area contributed by atoms with E-state index < -0.39 is 4.92 Å². The fourth-order valence-corrected chi connectivity index (χ4v) is 1.91. The Morgan fingerprint density at radius 3 is 2.94 bits per heavy atom. The number of amides is 1. The Morgan fingerprint density at radius 2 is 2.39 bits per heavy atom. The number of terminal acetylenes is 1. The molecule has 2 heterocycles. The normalized spacial score (nSPS) is 18.8. The number of nitro groups is 1. The summed E-state index contributed by atoms with van der Waals surface area (Å²) in [6.45, 7) is 1.99. The fraction of sp³-hybridized carbons (Fsp3) is 0.333. The number of pyridine rings is 1. The van der Waals surface area contributed by atoms with Gasteiger partial charge < -0.3 is 0 Å². The van der Waals surface area contributed by atoms with E-state index in [2.05, 4.69) is 10.9 Å². The highest BCUT2D eigenvalue weighted by Crippen LogP contribution is 2.31. The molecule has 1 aromatic heterocycles. The zero-order valence-electron chi connectivity index (χ0n) is 9.79. The molecule has 1 atom stereocenters. The highest BCUT2D eigenvalue weighted by Gasteiger charge is 2.34. The number of hydrogen-bond acceptors (Lipinski definition) is 4. The fourth-order valence-electron chi connectivity index (χ4n) is 1.91. The first-order valence-corrected chi connectivity index (χ1v) is 5.40. The van der Waals surface area contributed by atoms with Crippen molar-refractivity contribution in [2.45, 2.75) is 13.3 Å². The maximum atomic E-state index is 11.8. The number of rotatable bonds is 2. The van der Waals surface area contributed by atoms with E-state index in [1.54, 1.807) is 6.92 Å². The third-order valence-electron chi connectivity index (χ3n) is 2.80. The van der Waals surface area contributed by atoms with E-state index >= 15 is 0 Å². The van der Waals surface area contributed by atoms with Crippen molar-refractivity contribution in [3.8, 4) is 12.3 Å². The first-order valence-electron chi connectivity index (χ1n) is 5.40. The van der Waals surface area contributed by atoms with E-state index in [1.165, 1.54) is 17.2 Å². The van der Waals surface area contributed by atoms with Crippen LogP contribution in [-0.2, 0) is 4.79 Å². The van der Waals surface area contributed by atoms with Crippen molar-refractivity contribution >= 4 is 17.4 Å². The second-order valence-electron chi connectivity index (χ2n) is 4.18. The molecule has 0 bridgehead atoms. The highest BCUT2D eigenvalue weighted by molar-refractivity contribution is 5.97. The molecule has 1 amide bonds. The summed E-state index contributed by atoms with van der Waals surface area (Å²) >= 11 is 0. The predicted molar refractivity (Wildman–Crippen MR) is 64.9 cm³/mol. The molecule has 92 valence electrons. The lowest BCUT2D eigenvalue weighted by atomic mass is 10.1. The maximum absolute atomic E-state index is 11.8. The van der Waals surface area contributed by atoms with Crippen molar-refractivity contribution < 1.29 is 9.72 Å². The second kappa shape index (κ2) is 4.45. The minimum Gasteiger partial charge on any atom is -0.290 e. The lowest BCUT2D eigenvalue weighted by Gasteiger charge is -2.14. The predicted octanol–water partition coefficient (Wildman–Crippen LogP) is 1.28. The minimum atomic E-state index is -0.536. The molecule has 1 unspecified atom stereocenters. The molecule has 6 nitrogen and oxygen atoms in total. The molecule has 6 heteroatoms. The number of aromatic nitrogens is 1. The average Bonchev–Trinajstić information content (AvgIpc) is 2.70. The van der Waals surface area contributed by atoms with Crippen LogP contribution in [0.2, 0.25) is 0 Å². The van der Waals surface area contributed by atoms with Gasteiger partial charge in [0.05, 0.1) is 4.92 Å². The number of nitrogens with zero attached hydrogens (tertiary/aromatic N) is 3. The maximum Gasteiger partial charge on any atom is 0.312 e. The molecule has 1 aliphatic heterocycles. The molecule has 1 fully saturated rings. The van der Waals surface area contributed by atoms with E-state index in [0.717, 1.165) is 0 Å². The van der Waals surface area contributed by atoms with Gasteiger partial charge in [0.2, 0.25) is 11.7 Å². The van der Waals surface area contributed by atoms with Gasteiger partial charge in [-0.2, -0.15) is 0 Å². The monoisotopic (exact) mass is 245 g/mol. The number of aryl methyl sites for hydroxylation is 1. The molecular formula is C12H11N3O3. The van der Waals surface area contributed by atoms with Crippen LogP contribution in [0.1, 0.15) is 12.0 Å². The summed E-state index contributed by atoms with van der Waals surface area (Å²) in [6.07, 6.45) is 6.99. The standard InChI is InChI=1S/C12H11N3O3/c1-3-9-5-11(16)14(7-9)12-10(15(17)18)4-8(2)6-13-12/h1,4,6,9H,5,7H2,2H3. The van der Waals surface area contributed by atoms with E-state index in [0.29, 0.717) is 5.56 Å². The summed E-state index contributed by atoms with van der Waals surface area (Å²) in [7, 11) is 0. The topological polar surface area (TPSA) is 76.3 Å². The Balaban J connectivity index is 2.43. The molecule has 1 aromatic rings. The molecule has 2 rings (SSSR count). The van der Waals surface area contributed by atoms with Crippen LogP contribution in [0.5, 0.6) is 0 Å². The summed E-state index contributed by atoms with van der Waals surface area (Å²) in [5.41, 5.74) is 0.506. The van der Waals surface area contributed by atoms with Crippen LogP contribution in [0.15, 0.2) is 12.3 Å². The second-order valence-corrected chi connectivity index (χ2v) is 4.18. The zero-order valence-corrected chi connectivity index (χ0v) is 9.79. The summed E-state index contributed by atoms with van der Waals surface area (Å²) in [4.78, 5) is 27.5. The Morgan fingerprint density at radius 1 is 1.67 bits per heavy atom. The molecule has 0 aromatic carbocycles. The lowest BCUT2D eigenvalue weighted by Crippen LogP contribution is -2.26. The highest BCUT2D eigenvalue weighted by atomic mass is 16.6. The van der Waals surface area contributed by atoms with Gasteiger partial charge in [0.25, 0.3) is 0 Å². The summed E-state index contributed by atoms with van der Waals surface area (Å²) < 4.78 is 0. The number of anilines is 1. The third kappa shape index (κ3) is 2.02. The summed E-state index contributed by atoms with van der Waals surface area (Å²) in [5, 5.41) is 11.0. The minimum absolute atomic E-state index is 0.0772. The third-order valence-corrected chi connectivity index (χ3v) is 2.80. The van der Waals surface area contributed by atoms with Gasteiger partial charge in [0.1, 0.15) is 0 Å². The van der Waals surface area contributed by atoms with Crippen molar-refractivity contribution in [2.24, 2.45) is 5.92 Å². The van der Waals surface area contributed by atoms with Gasteiger partial charge in [-0.05, 0) is 12.5 Å². The molecule has 0 radical (unpaired) electrons. The van der Waals surface area contributed by atoms with Gasteiger partial charge in [-0.1, -0.05) is 0 Å². The van der Waals surface area contributed by atoms with Crippen molar-refractivity contribution in [3.05, 3.63) is 27.9 Å². The molecule has 18 heavy (non-hydrogen) atoms. The van der Waals surface area contributed by atoms with Gasteiger partial charge in [-0.25, -0.2) is 4.98 Å². The van der Waals surface area contributed by atoms with Crippen LogP contribution in [0.4, 0.5) is 11.5 Å². The molecular weight excluding hydrogens is 234 g/mol. The first kappa shape index (κ1) is 12.0. The van der Waals surface area contributed by atoms with Crippen LogP contribution < -0.4 is 4.90 Å². The quantitative estimate of drug-likeness (QED) is 0.447. The van der Waals surface area contributed by atoms with Crippen molar-refractivity contribution in [1.82, 2.24) is 4.98 Å². The van der Waals surface area contributed by atoms with Gasteiger partial charge in [-0.15, -0.1) is 12.3 Å². The van der Waals surface area contributed by atoms with Crippen molar-refractivity contribution in [2.75, 3.05) is 11.4 Å². The van der Waals surface area contributed by atoms with Gasteiger partial charge >= 0.3 is 5.69 Å². The summed E-state index contributed by atoms with van der Waals surface area (Å²) in [5.74, 6) is 2.14. The van der Waals surface area contributed by atoms with Crippen molar-refractivity contribution in [1.29, 1.82) is 0 Å². The first-order chi connectivity index (χ1) is 8.52. The average molecular weight is 245 g/mol. The summed E-state index contributed by atoms with van der Waals surface area (Å²) in [6, 6.07) is 1.40. The van der Waals surface area contributed by atoms with E-state index in [-0.39, 0.29) is 36.3 Å². The van der Waals surface area contributed by atoms with Crippen LogP contribution in [0, 0.1) is 35.3 Å². The Labute approximate surface area is 104 Å². The largest absolute Gasteiger partial charge is 0.312 e. The molecule has 1 saturated heterocycles. The van der Waals surface area contributed by atoms with Crippen LogP contribution in [0.25, 0.3) is 0 Å². The molecule has 1 aliphatic rings. The Kier molecular flexibility index (Phi) is 2.98. The molecule has 0 aliphatic carbocycles. The smallest absolute Gasteiger partial charge is 0.290 e. The molecule has 0 N–H and O–H groups in total. The van der Waals surface area contributed by atoms with Crippen molar-refractivity contribution in [3.63, 3.8) is 0 Å². The van der Waals surface area contributed by atoms with Gasteiger partial charge in [-0.3, -0.25) is 19.8 Å². The van der Waals surface area contributed by atoms with Gasteiger partial charge in [0.15, 0.2) is 0 Å². The van der Waals surface area contributed by atoms with E-state index in [9.17, 15) is 14.9 Å². The van der Waals surface area contributed by atoms with Gasteiger partial charge in [0, 0.05) is 31.1 Å². The number of carbonyl (C=O) groups excluding carboxylic acids is 1. The lowest BCUT2D eigenvalue weighted by molar-refractivity contribution is -0.384. The van der Waals surface area contributed by atoms with E-state index in [1.807, 2.05) is 0 Å². The Bertz CT molecular complexity index is 562. The zero-order chi connectivity index (χ0) is 13.3. The number of carbonyl (C=O) groups is 1. The van der Waals surface area contributed by atoms with Crippen LogP contribution in [0.3, 0.4) is 0 Å². The SMILES string of the molecule is C#CC1CC(=O)N(c2ncc(C)cc2[N+](=O)[O-])C1. The number of hydrogen-bond donors (Lipinski definition) is 0. The molecule has 0 saturated carbocycles. The van der Waals surface area contributed by atoms with Crippen LogP contribution >= 0.6 is 0 Å². The Hall–Kier alpha value is -2.42. The molecule has 0 spiro atoms.